The zero-order chi connectivity index (χ0) is 14.0. The molecule has 0 saturated carbocycles. The number of carboxylic acid groups (broad SMARTS) is 1. The Balaban J connectivity index is 2.32. The topological polar surface area (TPSA) is 66.0 Å². The lowest BCUT2D eigenvalue weighted by atomic mass is 9.93. The van der Waals surface area contributed by atoms with Crippen LogP contribution in [0.25, 0.3) is 11.3 Å². The van der Waals surface area contributed by atoms with Crippen LogP contribution >= 0.6 is 0 Å². The van der Waals surface area contributed by atoms with E-state index in [-0.39, 0.29) is 0 Å². The van der Waals surface area contributed by atoms with Crippen LogP contribution in [-0.2, 0) is 16.6 Å². The number of nitrogens with zero attached hydrogens (tertiary/aromatic N) is 1. The van der Waals surface area contributed by atoms with Crippen LogP contribution in [0.5, 0.6) is 0 Å². The van der Waals surface area contributed by atoms with Crippen LogP contribution in [0, 0.1) is 0 Å². The van der Waals surface area contributed by atoms with Crippen molar-refractivity contribution in [2.45, 2.75) is 32.6 Å². The highest BCUT2D eigenvalue weighted by Gasteiger charge is 2.32. The number of aromatic amines is 1. The van der Waals surface area contributed by atoms with Crippen LogP contribution in [0.4, 0.5) is 0 Å². The van der Waals surface area contributed by atoms with E-state index in [1.165, 1.54) is 5.56 Å². The molecule has 0 atom stereocenters. The van der Waals surface area contributed by atoms with Crippen molar-refractivity contribution < 1.29 is 9.90 Å². The first-order valence-electron chi connectivity index (χ1n) is 6.33. The molecular formula is C15H18N2O2. The Labute approximate surface area is 112 Å². The molecule has 1 aromatic heterocycles. The minimum Gasteiger partial charge on any atom is -0.481 e. The van der Waals surface area contributed by atoms with Gasteiger partial charge in [0.1, 0.15) is 11.2 Å². The first-order chi connectivity index (χ1) is 8.95. The predicted octanol–water partition coefficient (Wildman–Crippen LogP) is 3.00. The number of carbonyl (C=O) groups is 1. The van der Waals surface area contributed by atoms with Crippen LogP contribution in [0.3, 0.4) is 0 Å². The fourth-order valence-electron chi connectivity index (χ4n) is 1.81. The minimum absolute atomic E-state index is 0.467. The Morgan fingerprint density at radius 3 is 2.47 bits per heavy atom. The summed E-state index contributed by atoms with van der Waals surface area (Å²) >= 11 is 0. The fourth-order valence-corrected chi connectivity index (χ4v) is 1.81. The quantitative estimate of drug-likeness (QED) is 0.886. The number of hydrogen-bond acceptors (Lipinski definition) is 2. The third-order valence-electron chi connectivity index (χ3n) is 3.38. The van der Waals surface area contributed by atoms with Gasteiger partial charge < -0.3 is 10.1 Å². The molecule has 1 heterocycles. The Morgan fingerprint density at radius 1 is 1.32 bits per heavy atom. The predicted molar refractivity (Wildman–Crippen MR) is 74.1 cm³/mol. The van der Waals surface area contributed by atoms with Crippen LogP contribution < -0.4 is 0 Å². The molecule has 0 aliphatic rings. The van der Waals surface area contributed by atoms with Crippen molar-refractivity contribution in [3.8, 4) is 11.3 Å². The smallest absolute Gasteiger partial charge is 0.316 e. The molecule has 0 radical (unpaired) electrons. The Morgan fingerprint density at radius 2 is 1.95 bits per heavy atom. The van der Waals surface area contributed by atoms with Gasteiger partial charge in [0.15, 0.2) is 0 Å². The molecule has 19 heavy (non-hydrogen) atoms. The highest BCUT2D eigenvalue weighted by atomic mass is 16.4. The van der Waals surface area contributed by atoms with Crippen molar-refractivity contribution in [1.29, 1.82) is 0 Å². The van der Waals surface area contributed by atoms with E-state index in [2.05, 4.69) is 29.0 Å². The van der Waals surface area contributed by atoms with Crippen LogP contribution in [0.15, 0.2) is 30.5 Å². The molecule has 1 aromatic carbocycles. The molecule has 0 saturated heterocycles. The third-order valence-corrected chi connectivity index (χ3v) is 3.38. The Hall–Kier alpha value is -2.10. The van der Waals surface area contributed by atoms with Crippen LogP contribution in [-0.4, -0.2) is 21.0 Å². The number of nitrogens with one attached hydrogen (secondary N) is 1. The summed E-state index contributed by atoms with van der Waals surface area (Å²) in [6, 6.07) is 8.17. The summed E-state index contributed by atoms with van der Waals surface area (Å²) in [5, 5.41) is 9.18. The van der Waals surface area contributed by atoms with E-state index < -0.39 is 11.4 Å². The van der Waals surface area contributed by atoms with E-state index in [0.29, 0.717) is 5.82 Å². The standard InChI is InChI=1S/C15H18N2O2/c1-4-10-5-7-11(8-6-10)12-9-16-13(17-12)15(2,3)14(18)19/h5-9H,4H2,1-3H3,(H,16,17)(H,18,19). The van der Waals surface area contributed by atoms with Crippen LogP contribution in [0.2, 0.25) is 0 Å². The summed E-state index contributed by atoms with van der Waals surface area (Å²) in [6.45, 7) is 5.38. The summed E-state index contributed by atoms with van der Waals surface area (Å²) in [5.74, 6) is -0.427. The molecule has 0 unspecified atom stereocenters. The van der Waals surface area contributed by atoms with E-state index in [1.54, 1.807) is 20.0 Å². The molecule has 4 nitrogen and oxygen atoms in total. The van der Waals surface area contributed by atoms with Crippen molar-refractivity contribution in [2.75, 3.05) is 0 Å². The number of hydrogen-bond donors (Lipinski definition) is 2. The molecule has 100 valence electrons. The van der Waals surface area contributed by atoms with E-state index in [9.17, 15) is 9.90 Å². The summed E-state index contributed by atoms with van der Waals surface area (Å²) in [5.41, 5.74) is 2.11. The third kappa shape index (κ3) is 2.52. The maximum absolute atomic E-state index is 11.2. The highest BCUT2D eigenvalue weighted by molar-refractivity contribution is 5.79. The first-order valence-corrected chi connectivity index (χ1v) is 6.33. The number of aromatic nitrogens is 2. The van der Waals surface area contributed by atoms with Crippen molar-refractivity contribution in [3.63, 3.8) is 0 Å². The van der Waals surface area contributed by atoms with Gasteiger partial charge >= 0.3 is 5.97 Å². The normalized spacial score (nSPS) is 11.5. The van der Waals surface area contributed by atoms with Gasteiger partial charge in [0.2, 0.25) is 0 Å². The first kappa shape index (κ1) is 13.3. The molecule has 0 aliphatic carbocycles. The lowest BCUT2D eigenvalue weighted by molar-refractivity contribution is -0.142. The Bertz CT molecular complexity index is 582. The number of aliphatic carboxylic acids is 1. The van der Waals surface area contributed by atoms with Gasteiger partial charge in [-0.25, -0.2) is 4.98 Å². The summed E-state index contributed by atoms with van der Waals surface area (Å²) < 4.78 is 0. The average molecular weight is 258 g/mol. The van der Waals surface area contributed by atoms with Gasteiger partial charge in [0, 0.05) is 0 Å². The van der Waals surface area contributed by atoms with Gasteiger partial charge in [0.25, 0.3) is 0 Å². The van der Waals surface area contributed by atoms with Gasteiger partial charge in [-0.2, -0.15) is 0 Å². The number of imidazole rings is 1. The largest absolute Gasteiger partial charge is 0.481 e. The van der Waals surface area contributed by atoms with Gasteiger partial charge in [-0.3, -0.25) is 4.79 Å². The molecule has 4 heteroatoms. The second-order valence-corrected chi connectivity index (χ2v) is 5.13. The summed E-state index contributed by atoms with van der Waals surface area (Å²) in [6.07, 6.45) is 2.68. The number of rotatable bonds is 4. The van der Waals surface area contributed by atoms with Crippen molar-refractivity contribution in [1.82, 2.24) is 9.97 Å². The minimum atomic E-state index is -1.01. The van der Waals surface area contributed by atoms with E-state index >= 15 is 0 Å². The average Bonchev–Trinajstić information content (AvgIpc) is 2.89. The lowest BCUT2D eigenvalue weighted by Crippen LogP contribution is -2.29. The number of carboxylic acids is 1. The molecule has 0 aliphatic heterocycles. The molecule has 0 amide bonds. The summed E-state index contributed by atoms with van der Waals surface area (Å²) in [7, 11) is 0. The monoisotopic (exact) mass is 258 g/mol. The molecular weight excluding hydrogens is 240 g/mol. The molecule has 0 spiro atoms. The van der Waals surface area contributed by atoms with E-state index in [1.807, 2.05) is 12.1 Å². The lowest BCUT2D eigenvalue weighted by Gasteiger charge is -2.15. The van der Waals surface area contributed by atoms with Crippen molar-refractivity contribution in [2.24, 2.45) is 0 Å². The highest BCUT2D eigenvalue weighted by Crippen LogP contribution is 2.24. The van der Waals surface area contributed by atoms with E-state index in [4.69, 9.17) is 0 Å². The number of aryl methyl sites for hydroxylation is 1. The molecule has 0 fully saturated rings. The zero-order valence-electron chi connectivity index (χ0n) is 11.4. The van der Waals surface area contributed by atoms with Gasteiger partial charge in [0.05, 0.1) is 11.9 Å². The van der Waals surface area contributed by atoms with Crippen molar-refractivity contribution in [3.05, 3.63) is 41.9 Å². The van der Waals surface area contributed by atoms with Gasteiger partial charge in [-0.05, 0) is 31.4 Å². The second-order valence-electron chi connectivity index (χ2n) is 5.13. The maximum atomic E-state index is 11.2. The van der Waals surface area contributed by atoms with Crippen molar-refractivity contribution >= 4 is 5.97 Å². The van der Waals surface area contributed by atoms with E-state index in [0.717, 1.165) is 17.7 Å². The van der Waals surface area contributed by atoms with Gasteiger partial charge in [-0.1, -0.05) is 31.2 Å². The zero-order valence-corrected chi connectivity index (χ0v) is 11.4. The molecule has 2 N–H and O–H groups in total. The maximum Gasteiger partial charge on any atom is 0.316 e. The van der Waals surface area contributed by atoms with Crippen LogP contribution in [0.1, 0.15) is 32.2 Å². The molecule has 2 rings (SSSR count). The SMILES string of the molecule is CCc1ccc(-c2cnc(C(C)(C)C(=O)O)[nH]2)cc1. The number of H-pyrrole nitrogens is 1. The summed E-state index contributed by atoms with van der Waals surface area (Å²) in [4.78, 5) is 18.5. The van der Waals surface area contributed by atoms with Gasteiger partial charge in [-0.15, -0.1) is 0 Å². The fraction of sp³-hybridized carbons (Fsp3) is 0.333. The number of benzene rings is 1. The molecule has 0 bridgehead atoms. The molecule has 2 aromatic rings. The Kier molecular flexibility index (Phi) is 3.42. The second kappa shape index (κ2) is 4.88.